The van der Waals surface area contributed by atoms with Gasteiger partial charge in [0.05, 0.1) is 12.2 Å². The van der Waals surface area contributed by atoms with E-state index in [4.69, 9.17) is 15.9 Å². The molecule has 0 saturated carbocycles. The van der Waals surface area contributed by atoms with Crippen LogP contribution < -0.4 is 5.73 Å². The van der Waals surface area contributed by atoms with E-state index in [0.29, 0.717) is 0 Å². The van der Waals surface area contributed by atoms with Gasteiger partial charge in [-0.2, -0.15) is 0 Å². The molecule has 0 aromatic heterocycles. The first kappa shape index (κ1) is 10.1. The topological polar surface area (TPSA) is 83.5 Å². The van der Waals surface area contributed by atoms with Crippen LogP contribution in [0.25, 0.3) is 0 Å². The van der Waals surface area contributed by atoms with Gasteiger partial charge >= 0.3 is 0 Å². The normalized spacial score (nSPS) is 17.6. The van der Waals surface area contributed by atoms with Crippen LogP contribution in [0.4, 0.5) is 0 Å². The molecule has 0 aliphatic rings. The lowest BCUT2D eigenvalue weighted by Gasteiger charge is -2.06. The molecular weight excluding hydrogens is 146 g/mol. The third-order valence-corrected chi connectivity index (χ3v) is 1.16. The van der Waals surface area contributed by atoms with Crippen molar-refractivity contribution in [2.45, 2.75) is 26.1 Å². The lowest BCUT2D eigenvalue weighted by atomic mass is 10.1. The fourth-order valence-electron chi connectivity index (χ4n) is 0.687. The zero-order valence-corrected chi connectivity index (χ0v) is 6.61. The van der Waals surface area contributed by atoms with E-state index in [1.165, 1.54) is 19.9 Å². The van der Waals surface area contributed by atoms with Crippen molar-refractivity contribution in [3.63, 3.8) is 0 Å². The number of aliphatic hydroxyl groups excluding tert-OH is 2. The van der Waals surface area contributed by atoms with Crippen molar-refractivity contribution >= 4 is 5.91 Å². The number of hydrogen-bond acceptors (Lipinski definition) is 3. The molecule has 2 atom stereocenters. The molecule has 0 aromatic rings. The Labute approximate surface area is 65.3 Å². The van der Waals surface area contributed by atoms with E-state index >= 15 is 0 Å². The van der Waals surface area contributed by atoms with Gasteiger partial charge in [0.1, 0.15) is 0 Å². The van der Waals surface area contributed by atoms with Gasteiger partial charge in [-0.25, -0.2) is 0 Å². The summed E-state index contributed by atoms with van der Waals surface area (Å²) >= 11 is 0. The number of primary amides is 1. The number of nitrogens with two attached hydrogens (primary N) is 1. The summed E-state index contributed by atoms with van der Waals surface area (Å²) in [7, 11) is 0. The van der Waals surface area contributed by atoms with Gasteiger partial charge in [-0.3, -0.25) is 4.79 Å². The Morgan fingerprint density at radius 2 is 1.91 bits per heavy atom. The summed E-state index contributed by atoms with van der Waals surface area (Å²) in [6, 6.07) is 0. The fraction of sp³-hybridized carbons (Fsp3) is 0.571. The van der Waals surface area contributed by atoms with Crippen molar-refractivity contribution in [1.29, 1.82) is 0 Å². The predicted molar refractivity (Wildman–Crippen MR) is 40.6 cm³/mol. The van der Waals surface area contributed by atoms with Crippen molar-refractivity contribution in [2.75, 3.05) is 0 Å². The highest BCUT2D eigenvalue weighted by molar-refractivity contribution is 5.92. The minimum atomic E-state index is -0.929. The van der Waals surface area contributed by atoms with Gasteiger partial charge in [0.15, 0.2) is 0 Å². The van der Waals surface area contributed by atoms with Crippen LogP contribution in [0, 0.1) is 0 Å². The summed E-state index contributed by atoms with van der Waals surface area (Å²) in [4.78, 5) is 10.6. The maximum Gasteiger partial charge on any atom is 0.247 e. The molecule has 0 saturated heterocycles. The quantitative estimate of drug-likeness (QED) is 0.469. The van der Waals surface area contributed by atoms with Gasteiger partial charge in [0.2, 0.25) is 5.91 Å². The van der Waals surface area contributed by atoms with Crippen molar-refractivity contribution in [2.24, 2.45) is 5.73 Å². The third kappa shape index (κ3) is 3.75. The van der Waals surface area contributed by atoms with Crippen LogP contribution in [0.15, 0.2) is 11.6 Å². The summed E-state index contributed by atoms with van der Waals surface area (Å²) in [6.45, 7) is 2.89. The molecule has 0 aliphatic carbocycles. The van der Waals surface area contributed by atoms with E-state index in [0.717, 1.165) is 0 Å². The minimum absolute atomic E-state index is 0.0417. The zero-order valence-electron chi connectivity index (χ0n) is 6.61. The molecule has 0 bridgehead atoms. The van der Waals surface area contributed by atoms with E-state index in [9.17, 15) is 4.79 Å². The highest BCUT2D eigenvalue weighted by Crippen LogP contribution is 2.02. The van der Waals surface area contributed by atoms with Gasteiger partial charge < -0.3 is 15.9 Å². The van der Waals surface area contributed by atoms with Gasteiger partial charge in [-0.05, 0) is 19.9 Å². The van der Waals surface area contributed by atoms with Crippen molar-refractivity contribution < 1.29 is 15.0 Å². The lowest BCUT2D eigenvalue weighted by molar-refractivity contribution is -0.115. The summed E-state index contributed by atoms with van der Waals surface area (Å²) in [6.07, 6.45) is -0.471. The molecule has 0 aromatic carbocycles. The molecule has 0 radical (unpaired) electrons. The minimum Gasteiger partial charge on any atom is -0.389 e. The van der Waals surface area contributed by atoms with Gasteiger partial charge in [-0.1, -0.05) is 0 Å². The Hall–Kier alpha value is -0.870. The monoisotopic (exact) mass is 159 g/mol. The number of amides is 1. The molecular formula is C7H13NO3. The lowest BCUT2D eigenvalue weighted by Crippen LogP contribution is -2.23. The van der Waals surface area contributed by atoms with Crippen molar-refractivity contribution in [3.05, 3.63) is 11.6 Å². The summed E-state index contributed by atoms with van der Waals surface area (Å²) in [5.74, 6) is -0.707. The van der Waals surface area contributed by atoms with E-state index in [-0.39, 0.29) is 5.57 Å². The first-order valence-electron chi connectivity index (χ1n) is 3.32. The first-order valence-corrected chi connectivity index (χ1v) is 3.32. The number of carbonyl (C=O) groups excluding carboxylic acids is 1. The van der Waals surface area contributed by atoms with Crippen LogP contribution >= 0.6 is 0 Å². The number of rotatable bonds is 3. The first-order chi connectivity index (χ1) is 4.95. The van der Waals surface area contributed by atoms with E-state index < -0.39 is 18.1 Å². The van der Waals surface area contributed by atoms with E-state index in [2.05, 4.69) is 0 Å². The molecule has 4 N–H and O–H groups in total. The average Bonchev–Trinajstić information content (AvgIpc) is 1.81. The third-order valence-electron chi connectivity index (χ3n) is 1.16. The molecule has 0 rings (SSSR count). The van der Waals surface area contributed by atoms with Gasteiger partial charge in [0, 0.05) is 5.57 Å². The summed E-state index contributed by atoms with van der Waals surface area (Å²) in [5.41, 5.74) is 4.95. The summed E-state index contributed by atoms with van der Waals surface area (Å²) in [5, 5.41) is 17.8. The Morgan fingerprint density at radius 3 is 2.00 bits per heavy atom. The van der Waals surface area contributed by atoms with Gasteiger partial charge in [0.25, 0.3) is 0 Å². The number of hydrogen-bond donors (Lipinski definition) is 3. The van der Waals surface area contributed by atoms with Crippen LogP contribution in [0.3, 0.4) is 0 Å². The maximum atomic E-state index is 10.6. The van der Waals surface area contributed by atoms with Crippen LogP contribution in [0.1, 0.15) is 13.8 Å². The molecule has 4 nitrogen and oxygen atoms in total. The molecule has 0 heterocycles. The Bertz CT molecular complexity index is 173. The van der Waals surface area contributed by atoms with Gasteiger partial charge in [-0.15, -0.1) is 0 Å². The number of aliphatic hydroxyl groups is 2. The van der Waals surface area contributed by atoms with Crippen LogP contribution in [0.5, 0.6) is 0 Å². The largest absolute Gasteiger partial charge is 0.389 e. The maximum absolute atomic E-state index is 10.6. The molecule has 0 fully saturated rings. The van der Waals surface area contributed by atoms with Crippen LogP contribution in [-0.2, 0) is 4.79 Å². The fourth-order valence-corrected chi connectivity index (χ4v) is 0.687. The zero-order chi connectivity index (χ0) is 9.02. The van der Waals surface area contributed by atoms with Crippen LogP contribution in [-0.4, -0.2) is 28.3 Å². The standard InChI is InChI=1S/C7H13NO3/c1-4(9)3-6(5(2)10)7(8)11/h3-5,9-10H,1-2H3,(H2,8,11)/b6-3+. The van der Waals surface area contributed by atoms with Crippen molar-refractivity contribution in [1.82, 2.24) is 0 Å². The SMILES string of the molecule is CC(O)/C=C(/C(N)=O)C(C)O. The molecule has 0 aliphatic heterocycles. The molecule has 0 spiro atoms. The molecule has 1 amide bonds. The molecule has 64 valence electrons. The molecule has 11 heavy (non-hydrogen) atoms. The summed E-state index contributed by atoms with van der Waals surface area (Å²) < 4.78 is 0. The molecule has 4 heteroatoms. The number of carbonyl (C=O) groups is 1. The smallest absolute Gasteiger partial charge is 0.247 e. The Morgan fingerprint density at radius 1 is 1.45 bits per heavy atom. The predicted octanol–water partition coefficient (Wildman–Crippen LogP) is -0.840. The Balaban J connectivity index is 4.47. The van der Waals surface area contributed by atoms with E-state index in [1.807, 2.05) is 0 Å². The highest BCUT2D eigenvalue weighted by atomic mass is 16.3. The second-order valence-electron chi connectivity index (χ2n) is 2.40. The van der Waals surface area contributed by atoms with Crippen LogP contribution in [0.2, 0.25) is 0 Å². The van der Waals surface area contributed by atoms with Crippen molar-refractivity contribution in [3.8, 4) is 0 Å². The second kappa shape index (κ2) is 4.10. The van der Waals surface area contributed by atoms with E-state index in [1.54, 1.807) is 0 Å². The highest BCUT2D eigenvalue weighted by Gasteiger charge is 2.11. The average molecular weight is 159 g/mol. The second-order valence-corrected chi connectivity index (χ2v) is 2.40. The molecule has 2 unspecified atom stereocenters. The Kier molecular flexibility index (Phi) is 3.78.